The molecule has 0 radical (unpaired) electrons. The van der Waals surface area contributed by atoms with Crippen LogP contribution in [0.2, 0.25) is 0 Å². The standard InChI is InChI=1S/C18H28N4S/c1-13-16(17-8-9-20-22(17)2)11-18(23-13)21-15(12-19)10-14-6-4-3-5-7-14/h8-9,11,14-15,21H,3-7,10,12,19H2,1-2H3/t15-/m0/s1. The lowest BCUT2D eigenvalue weighted by molar-refractivity contribution is 0.325. The van der Waals surface area contributed by atoms with E-state index in [1.54, 1.807) is 0 Å². The molecule has 1 aliphatic carbocycles. The Hall–Kier alpha value is -1.33. The van der Waals surface area contributed by atoms with E-state index < -0.39 is 0 Å². The molecule has 0 spiro atoms. The van der Waals surface area contributed by atoms with Crippen LogP contribution in [0.5, 0.6) is 0 Å². The molecule has 0 amide bonds. The van der Waals surface area contributed by atoms with Crippen molar-refractivity contribution in [3.63, 3.8) is 0 Å². The monoisotopic (exact) mass is 332 g/mol. The van der Waals surface area contributed by atoms with Crippen LogP contribution in [0.25, 0.3) is 11.3 Å². The molecular formula is C18H28N4S. The molecule has 1 aliphatic rings. The first-order valence-corrected chi connectivity index (χ1v) is 9.54. The number of hydrogen-bond acceptors (Lipinski definition) is 4. The molecule has 5 heteroatoms. The van der Waals surface area contributed by atoms with Crippen LogP contribution in [0, 0.1) is 12.8 Å². The van der Waals surface area contributed by atoms with Crippen LogP contribution in [-0.4, -0.2) is 22.4 Å². The van der Waals surface area contributed by atoms with Crippen LogP contribution in [-0.2, 0) is 7.05 Å². The topological polar surface area (TPSA) is 55.9 Å². The highest BCUT2D eigenvalue weighted by molar-refractivity contribution is 7.16. The van der Waals surface area contributed by atoms with Gasteiger partial charge in [-0.05, 0) is 31.4 Å². The number of nitrogens with zero attached hydrogens (tertiary/aromatic N) is 2. The summed E-state index contributed by atoms with van der Waals surface area (Å²) in [5, 5.41) is 9.19. The van der Waals surface area contributed by atoms with Gasteiger partial charge in [-0.25, -0.2) is 0 Å². The molecule has 23 heavy (non-hydrogen) atoms. The number of aryl methyl sites for hydroxylation is 2. The molecule has 1 atom stereocenters. The Labute approximate surface area is 143 Å². The van der Waals surface area contributed by atoms with Gasteiger partial charge in [0.25, 0.3) is 0 Å². The molecule has 2 aromatic rings. The number of nitrogens with two attached hydrogens (primary N) is 1. The average molecular weight is 333 g/mol. The van der Waals surface area contributed by atoms with Gasteiger partial charge in [0.15, 0.2) is 0 Å². The van der Waals surface area contributed by atoms with Crippen molar-refractivity contribution in [3.8, 4) is 11.3 Å². The van der Waals surface area contributed by atoms with Crippen molar-refractivity contribution in [3.05, 3.63) is 23.2 Å². The first-order chi connectivity index (χ1) is 11.2. The van der Waals surface area contributed by atoms with Crippen LogP contribution in [0.3, 0.4) is 0 Å². The minimum absolute atomic E-state index is 0.385. The van der Waals surface area contributed by atoms with Crippen LogP contribution in [0.1, 0.15) is 43.4 Å². The minimum atomic E-state index is 0.385. The molecule has 0 aliphatic heterocycles. The minimum Gasteiger partial charge on any atom is -0.373 e. The van der Waals surface area contributed by atoms with E-state index in [0.29, 0.717) is 12.6 Å². The third-order valence-electron chi connectivity index (χ3n) is 4.99. The zero-order valence-corrected chi connectivity index (χ0v) is 15.0. The van der Waals surface area contributed by atoms with E-state index in [2.05, 4.69) is 29.5 Å². The van der Waals surface area contributed by atoms with Crippen LogP contribution in [0.4, 0.5) is 5.00 Å². The van der Waals surface area contributed by atoms with Crippen molar-refractivity contribution in [2.45, 2.75) is 51.5 Å². The number of rotatable bonds is 6. The Bertz CT molecular complexity index is 625. The van der Waals surface area contributed by atoms with Crippen LogP contribution >= 0.6 is 11.3 Å². The van der Waals surface area contributed by atoms with Gasteiger partial charge in [0.05, 0.1) is 10.7 Å². The normalized spacial score (nSPS) is 17.3. The summed E-state index contributed by atoms with van der Waals surface area (Å²) >= 11 is 1.82. The van der Waals surface area contributed by atoms with Gasteiger partial charge in [-0.3, -0.25) is 4.68 Å². The predicted molar refractivity (Wildman–Crippen MR) is 98.9 cm³/mol. The lowest BCUT2D eigenvalue weighted by Gasteiger charge is -2.26. The molecule has 2 heterocycles. The second-order valence-corrected chi connectivity index (χ2v) is 7.99. The van der Waals surface area contributed by atoms with E-state index >= 15 is 0 Å². The zero-order valence-electron chi connectivity index (χ0n) is 14.2. The molecule has 0 unspecified atom stereocenters. The summed E-state index contributed by atoms with van der Waals surface area (Å²) in [6, 6.07) is 4.71. The third-order valence-corrected chi connectivity index (χ3v) is 5.97. The van der Waals surface area contributed by atoms with Gasteiger partial charge in [0.2, 0.25) is 0 Å². The van der Waals surface area contributed by atoms with Crippen LogP contribution < -0.4 is 11.1 Å². The maximum absolute atomic E-state index is 6.03. The van der Waals surface area contributed by atoms with Crippen molar-refractivity contribution in [1.29, 1.82) is 0 Å². The van der Waals surface area contributed by atoms with Gasteiger partial charge in [0.1, 0.15) is 0 Å². The highest BCUT2D eigenvalue weighted by Gasteiger charge is 2.19. The molecule has 3 N–H and O–H groups in total. The summed E-state index contributed by atoms with van der Waals surface area (Å²) in [7, 11) is 1.99. The second-order valence-electron chi connectivity index (χ2n) is 6.74. The van der Waals surface area contributed by atoms with E-state index in [9.17, 15) is 0 Å². The van der Waals surface area contributed by atoms with Crippen LogP contribution in [0.15, 0.2) is 18.3 Å². The Morgan fingerprint density at radius 3 is 2.83 bits per heavy atom. The fourth-order valence-electron chi connectivity index (χ4n) is 3.69. The summed E-state index contributed by atoms with van der Waals surface area (Å²) in [6.07, 6.45) is 10.0. The molecule has 1 fully saturated rings. The zero-order chi connectivity index (χ0) is 16.2. The average Bonchev–Trinajstić information content (AvgIpc) is 3.13. The number of thiophene rings is 1. The summed E-state index contributed by atoms with van der Waals surface area (Å²) in [5.74, 6) is 0.849. The van der Waals surface area contributed by atoms with E-state index in [0.717, 1.165) is 5.92 Å². The molecular weight excluding hydrogens is 304 g/mol. The van der Waals surface area contributed by atoms with Gasteiger partial charge in [-0.1, -0.05) is 32.1 Å². The SMILES string of the molecule is Cc1sc(N[C@H](CN)CC2CCCCC2)cc1-c1ccnn1C. The van der Waals surface area contributed by atoms with E-state index in [1.807, 2.05) is 29.3 Å². The second kappa shape index (κ2) is 7.49. The Morgan fingerprint density at radius 2 is 2.17 bits per heavy atom. The summed E-state index contributed by atoms with van der Waals surface area (Å²) in [6.45, 7) is 2.88. The summed E-state index contributed by atoms with van der Waals surface area (Å²) in [5.41, 5.74) is 8.47. The fraction of sp³-hybridized carbons (Fsp3) is 0.611. The molecule has 0 aromatic carbocycles. The lowest BCUT2D eigenvalue weighted by Crippen LogP contribution is -2.31. The predicted octanol–water partition coefficient (Wildman–Crippen LogP) is 4.17. The highest BCUT2D eigenvalue weighted by Crippen LogP contribution is 2.35. The highest BCUT2D eigenvalue weighted by atomic mass is 32.1. The number of nitrogens with one attached hydrogen (secondary N) is 1. The molecule has 0 saturated heterocycles. The van der Waals surface area contributed by atoms with E-state index in [4.69, 9.17) is 5.73 Å². The largest absolute Gasteiger partial charge is 0.373 e. The first-order valence-electron chi connectivity index (χ1n) is 8.72. The number of anilines is 1. The van der Waals surface area contributed by atoms with Crippen molar-refractivity contribution in [1.82, 2.24) is 9.78 Å². The van der Waals surface area contributed by atoms with E-state index in [1.165, 1.54) is 59.7 Å². The number of hydrogen-bond donors (Lipinski definition) is 2. The summed E-state index contributed by atoms with van der Waals surface area (Å²) in [4.78, 5) is 1.32. The van der Waals surface area contributed by atoms with Crippen molar-refractivity contribution < 1.29 is 0 Å². The third kappa shape index (κ3) is 3.96. The molecule has 2 aromatic heterocycles. The van der Waals surface area contributed by atoms with Crippen molar-refractivity contribution in [2.24, 2.45) is 18.7 Å². The Balaban J connectivity index is 1.68. The summed E-state index contributed by atoms with van der Waals surface area (Å²) < 4.78 is 1.93. The smallest absolute Gasteiger partial charge is 0.0894 e. The van der Waals surface area contributed by atoms with Crippen molar-refractivity contribution in [2.75, 3.05) is 11.9 Å². The maximum atomic E-state index is 6.03. The molecule has 3 rings (SSSR count). The molecule has 1 saturated carbocycles. The van der Waals surface area contributed by atoms with E-state index in [-0.39, 0.29) is 0 Å². The molecule has 4 nitrogen and oxygen atoms in total. The Morgan fingerprint density at radius 1 is 1.39 bits per heavy atom. The van der Waals surface area contributed by atoms with Gasteiger partial charge in [-0.15, -0.1) is 11.3 Å². The molecule has 126 valence electrons. The van der Waals surface area contributed by atoms with Gasteiger partial charge < -0.3 is 11.1 Å². The van der Waals surface area contributed by atoms with Gasteiger partial charge in [-0.2, -0.15) is 5.10 Å². The fourth-order valence-corrected chi connectivity index (χ4v) is 4.69. The number of aromatic nitrogens is 2. The lowest BCUT2D eigenvalue weighted by atomic mass is 9.85. The van der Waals surface area contributed by atoms with Crippen molar-refractivity contribution >= 4 is 16.3 Å². The molecule has 0 bridgehead atoms. The first kappa shape index (κ1) is 16.5. The van der Waals surface area contributed by atoms with Gasteiger partial charge in [0, 0.05) is 36.3 Å². The Kier molecular flexibility index (Phi) is 5.38. The maximum Gasteiger partial charge on any atom is 0.0894 e. The quantitative estimate of drug-likeness (QED) is 0.835. The van der Waals surface area contributed by atoms with Gasteiger partial charge >= 0.3 is 0 Å².